The molecule has 0 bridgehead atoms. The number of rotatable bonds is 4. The fourth-order valence-corrected chi connectivity index (χ4v) is 1.72. The number of pyridine rings is 1. The van der Waals surface area contributed by atoms with E-state index in [0.29, 0.717) is 18.9 Å². The predicted molar refractivity (Wildman–Crippen MR) is 69.0 cm³/mol. The van der Waals surface area contributed by atoms with Gasteiger partial charge in [-0.15, -0.1) is 0 Å². The Morgan fingerprint density at radius 2 is 2.11 bits per heavy atom. The van der Waals surface area contributed by atoms with Crippen molar-refractivity contribution < 1.29 is 9.84 Å². The number of phenolic OH excluding ortho intramolecular Hbond substituents is 1. The van der Waals surface area contributed by atoms with E-state index in [1.54, 1.807) is 35.0 Å². The van der Waals surface area contributed by atoms with Crippen molar-refractivity contribution >= 4 is 0 Å². The van der Waals surface area contributed by atoms with Crippen LogP contribution in [0.1, 0.15) is 5.56 Å². The number of nitrogens with zero attached hydrogens (tertiary/aromatic N) is 1. The van der Waals surface area contributed by atoms with Crippen LogP contribution in [0.3, 0.4) is 0 Å². The number of phenols is 1. The van der Waals surface area contributed by atoms with Crippen LogP contribution in [0.15, 0.2) is 47.4 Å². The molecule has 4 nitrogen and oxygen atoms in total. The van der Waals surface area contributed by atoms with Crippen molar-refractivity contribution in [1.29, 1.82) is 0 Å². The van der Waals surface area contributed by atoms with E-state index in [9.17, 15) is 9.90 Å². The molecule has 1 aromatic heterocycles. The van der Waals surface area contributed by atoms with Crippen molar-refractivity contribution in [2.75, 3.05) is 6.61 Å². The molecule has 1 N–H and O–H groups in total. The molecule has 94 valence electrons. The Bertz CT molecular complexity index is 569. The second-order valence-electron chi connectivity index (χ2n) is 4.08. The van der Waals surface area contributed by atoms with E-state index in [0.717, 1.165) is 5.56 Å². The Morgan fingerprint density at radius 1 is 1.28 bits per heavy atom. The molecule has 0 aliphatic heterocycles. The molecule has 0 amide bonds. The highest BCUT2D eigenvalue weighted by atomic mass is 16.5. The van der Waals surface area contributed by atoms with Crippen molar-refractivity contribution in [1.82, 2.24) is 4.57 Å². The molecule has 0 unspecified atom stereocenters. The monoisotopic (exact) mass is 245 g/mol. The largest absolute Gasteiger partial charge is 0.508 e. The number of ether oxygens (including phenoxy) is 1. The molecule has 1 aromatic carbocycles. The van der Waals surface area contributed by atoms with Crippen LogP contribution in [0, 0.1) is 6.92 Å². The topological polar surface area (TPSA) is 51.5 Å². The molecule has 18 heavy (non-hydrogen) atoms. The van der Waals surface area contributed by atoms with Gasteiger partial charge in [-0.05, 0) is 30.7 Å². The molecule has 0 saturated carbocycles. The number of aromatic hydroxyl groups is 1. The van der Waals surface area contributed by atoms with Crippen LogP contribution in [-0.4, -0.2) is 16.3 Å². The van der Waals surface area contributed by atoms with E-state index in [-0.39, 0.29) is 11.3 Å². The summed E-state index contributed by atoms with van der Waals surface area (Å²) in [6.07, 6.45) is 1.72. The summed E-state index contributed by atoms with van der Waals surface area (Å²) < 4.78 is 7.09. The molecule has 0 aliphatic rings. The van der Waals surface area contributed by atoms with Crippen molar-refractivity contribution in [2.24, 2.45) is 0 Å². The third kappa shape index (κ3) is 3.13. The minimum atomic E-state index is -0.0480. The lowest BCUT2D eigenvalue weighted by Crippen LogP contribution is -2.21. The molecule has 0 radical (unpaired) electrons. The summed E-state index contributed by atoms with van der Waals surface area (Å²) in [7, 11) is 0. The summed E-state index contributed by atoms with van der Waals surface area (Å²) >= 11 is 0. The fraction of sp³-hybridized carbons (Fsp3) is 0.214. The zero-order valence-corrected chi connectivity index (χ0v) is 10.2. The zero-order valence-electron chi connectivity index (χ0n) is 10.2. The molecule has 0 fully saturated rings. The van der Waals surface area contributed by atoms with Crippen LogP contribution in [0.4, 0.5) is 0 Å². The smallest absolute Gasteiger partial charge is 0.250 e. The number of hydrogen-bond donors (Lipinski definition) is 1. The van der Waals surface area contributed by atoms with Gasteiger partial charge in [-0.3, -0.25) is 4.79 Å². The standard InChI is InChI=1S/C14H15NO3/c1-11-8-12(16)10-13(9-11)18-7-6-15-5-3-2-4-14(15)17/h2-5,8-10,16H,6-7H2,1H3. The van der Waals surface area contributed by atoms with E-state index in [1.165, 1.54) is 6.07 Å². The Balaban J connectivity index is 1.96. The summed E-state index contributed by atoms with van der Waals surface area (Å²) in [6.45, 7) is 2.75. The maximum absolute atomic E-state index is 11.4. The number of benzene rings is 1. The molecular formula is C14H15NO3. The van der Waals surface area contributed by atoms with Crippen molar-refractivity contribution in [2.45, 2.75) is 13.5 Å². The van der Waals surface area contributed by atoms with E-state index in [1.807, 2.05) is 13.0 Å². The Kier molecular flexibility index (Phi) is 3.67. The summed E-state index contributed by atoms with van der Waals surface area (Å²) in [5.41, 5.74) is 0.884. The van der Waals surface area contributed by atoms with Crippen LogP contribution in [-0.2, 0) is 6.54 Å². The van der Waals surface area contributed by atoms with Crippen LogP contribution in [0.2, 0.25) is 0 Å². The average molecular weight is 245 g/mol. The van der Waals surface area contributed by atoms with Gasteiger partial charge >= 0.3 is 0 Å². The number of aromatic nitrogens is 1. The lowest BCUT2D eigenvalue weighted by atomic mass is 10.2. The first-order valence-electron chi connectivity index (χ1n) is 5.74. The summed E-state index contributed by atoms with van der Waals surface area (Å²) in [5, 5.41) is 9.42. The quantitative estimate of drug-likeness (QED) is 0.895. The number of aryl methyl sites for hydroxylation is 1. The molecule has 0 saturated heterocycles. The maximum Gasteiger partial charge on any atom is 0.250 e. The molecule has 0 aliphatic carbocycles. The van der Waals surface area contributed by atoms with Gasteiger partial charge in [-0.2, -0.15) is 0 Å². The number of hydrogen-bond acceptors (Lipinski definition) is 3. The van der Waals surface area contributed by atoms with E-state index in [4.69, 9.17) is 4.74 Å². The van der Waals surface area contributed by atoms with Crippen molar-refractivity contribution in [3.05, 3.63) is 58.5 Å². The normalized spacial score (nSPS) is 10.3. The van der Waals surface area contributed by atoms with E-state index >= 15 is 0 Å². The van der Waals surface area contributed by atoms with Gasteiger partial charge in [0.05, 0.1) is 6.54 Å². The van der Waals surface area contributed by atoms with Gasteiger partial charge in [0.25, 0.3) is 5.56 Å². The van der Waals surface area contributed by atoms with Gasteiger partial charge in [0.1, 0.15) is 18.1 Å². The summed E-state index contributed by atoms with van der Waals surface area (Å²) in [5.74, 6) is 0.790. The first kappa shape index (κ1) is 12.2. The van der Waals surface area contributed by atoms with Crippen LogP contribution >= 0.6 is 0 Å². The summed E-state index contributed by atoms with van der Waals surface area (Å²) in [4.78, 5) is 11.4. The third-order valence-electron chi connectivity index (χ3n) is 2.54. The van der Waals surface area contributed by atoms with Crippen LogP contribution < -0.4 is 10.3 Å². The van der Waals surface area contributed by atoms with Gasteiger partial charge in [-0.1, -0.05) is 6.07 Å². The molecule has 2 rings (SSSR count). The Hall–Kier alpha value is -2.23. The van der Waals surface area contributed by atoms with Crippen molar-refractivity contribution in [3.63, 3.8) is 0 Å². The van der Waals surface area contributed by atoms with E-state index in [2.05, 4.69) is 0 Å². The highest BCUT2D eigenvalue weighted by molar-refractivity contribution is 5.36. The third-order valence-corrected chi connectivity index (χ3v) is 2.54. The lowest BCUT2D eigenvalue weighted by Gasteiger charge is -2.09. The zero-order chi connectivity index (χ0) is 13.0. The minimum absolute atomic E-state index is 0.0480. The molecule has 1 heterocycles. The molecule has 4 heteroatoms. The molecule has 0 spiro atoms. The van der Waals surface area contributed by atoms with Crippen LogP contribution in [0.5, 0.6) is 11.5 Å². The Labute approximate surface area is 105 Å². The predicted octanol–water partition coefficient (Wildman–Crippen LogP) is 1.94. The second-order valence-corrected chi connectivity index (χ2v) is 4.08. The van der Waals surface area contributed by atoms with Crippen LogP contribution in [0.25, 0.3) is 0 Å². The average Bonchev–Trinajstić information content (AvgIpc) is 2.30. The first-order valence-corrected chi connectivity index (χ1v) is 5.74. The van der Waals surface area contributed by atoms with Gasteiger partial charge in [0.2, 0.25) is 0 Å². The summed E-state index contributed by atoms with van der Waals surface area (Å²) in [6, 6.07) is 10.1. The molecule has 2 aromatic rings. The molecule has 0 atom stereocenters. The highest BCUT2D eigenvalue weighted by Gasteiger charge is 1.99. The first-order chi connectivity index (χ1) is 8.65. The minimum Gasteiger partial charge on any atom is -0.508 e. The Morgan fingerprint density at radius 3 is 2.83 bits per heavy atom. The van der Waals surface area contributed by atoms with Gasteiger partial charge in [-0.25, -0.2) is 0 Å². The highest BCUT2D eigenvalue weighted by Crippen LogP contribution is 2.20. The SMILES string of the molecule is Cc1cc(O)cc(OCCn2ccccc2=O)c1. The lowest BCUT2D eigenvalue weighted by molar-refractivity contribution is 0.294. The van der Waals surface area contributed by atoms with Gasteiger partial charge in [0.15, 0.2) is 0 Å². The van der Waals surface area contributed by atoms with Gasteiger partial charge in [0, 0.05) is 18.3 Å². The van der Waals surface area contributed by atoms with Gasteiger partial charge < -0.3 is 14.4 Å². The maximum atomic E-state index is 11.4. The van der Waals surface area contributed by atoms with E-state index < -0.39 is 0 Å². The van der Waals surface area contributed by atoms with Crippen molar-refractivity contribution in [3.8, 4) is 11.5 Å². The second kappa shape index (κ2) is 5.40. The fourth-order valence-electron chi connectivity index (χ4n) is 1.72. The molecular weight excluding hydrogens is 230 g/mol.